The molecule has 134 valence electrons. The van der Waals surface area contributed by atoms with E-state index in [1.165, 1.54) is 0 Å². The second kappa shape index (κ2) is 6.68. The second-order valence-electron chi connectivity index (χ2n) is 6.05. The Morgan fingerprint density at radius 1 is 1.38 bits per heavy atom. The number of hydrogen-bond acceptors (Lipinski definition) is 8. The number of carbonyl (C=O) groups excluding carboxylic acids is 1. The van der Waals surface area contributed by atoms with Crippen molar-refractivity contribution in [2.24, 2.45) is 0 Å². The minimum Gasteiger partial charge on any atom is -0.417 e. The van der Waals surface area contributed by atoms with E-state index < -0.39 is 0 Å². The standard InChI is InChI=1S/C17H17N5O4/c1-9-20-21-17(25-9)16(23)18-13-6-4-10-7-11(3-5-12(10)13)15-19-14(8-24-2)26-22-15/h3,5,7,13H,4,6,8H2,1-2H3,(H,18,23)/t13-/m1/s1. The van der Waals surface area contributed by atoms with E-state index in [-0.39, 0.29) is 24.4 Å². The first-order valence-corrected chi connectivity index (χ1v) is 8.19. The minimum absolute atomic E-state index is 0.0231. The fourth-order valence-electron chi connectivity index (χ4n) is 3.07. The van der Waals surface area contributed by atoms with Crippen molar-refractivity contribution >= 4 is 5.91 Å². The van der Waals surface area contributed by atoms with E-state index in [9.17, 15) is 4.79 Å². The lowest BCUT2D eigenvalue weighted by Crippen LogP contribution is -2.27. The number of rotatable bonds is 5. The molecule has 0 bridgehead atoms. The summed E-state index contributed by atoms with van der Waals surface area (Å²) in [6, 6.07) is 5.84. The summed E-state index contributed by atoms with van der Waals surface area (Å²) >= 11 is 0. The quantitative estimate of drug-likeness (QED) is 0.738. The fraction of sp³-hybridized carbons (Fsp3) is 0.353. The van der Waals surface area contributed by atoms with Gasteiger partial charge in [0.15, 0.2) is 0 Å². The Morgan fingerprint density at radius 3 is 3.04 bits per heavy atom. The predicted molar refractivity (Wildman–Crippen MR) is 88.0 cm³/mol. The molecule has 1 aliphatic carbocycles. The van der Waals surface area contributed by atoms with E-state index >= 15 is 0 Å². The largest absolute Gasteiger partial charge is 0.417 e. The van der Waals surface area contributed by atoms with Crippen LogP contribution in [0.5, 0.6) is 0 Å². The molecule has 1 amide bonds. The molecule has 3 aromatic rings. The highest BCUT2D eigenvalue weighted by atomic mass is 16.5. The number of fused-ring (bicyclic) bond motifs is 1. The summed E-state index contributed by atoms with van der Waals surface area (Å²) in [5.74, 6) is 0.927. The smallest absolute Gasteiger partial charge is 0.309 e. The van der Waals surface area contributed by atoms with Crippen LogP contribution in [0.1, 0.15) is 46.1 Å². The third-order valence-corrected chi connectivity index (χ3v) is 4.24. The third kappa shape index (κ3) is 3.08. The highest BCUT2D eigenvalue weighted by Crippen LogP contribution is 2.33. The maximum Gasteiger partial charge on any atom is 0.309 e. The molecule has 1 aromatic carbocycles. The molecule has 4 rings (SSSR count). The lowest BCUT2D eigenvalue weighted by Gasteiger charge is -2.12. The van der Waals surface area contributed by atoms with Crippen molar-refractivity contribution in [1.82, 2.24) is 25.7 Å². The number of aromatic nitrogens is 4. The van der Waals surface area contributed by atoms with Gasteiger partial charge >= 0.3 is 11.8 Å². The zero-order chi connectivity index (χ0) is 18.1. The molecule has 26 heavy (non-hydrogen) atoms. The van der Waals surface area contributed by atoms with Gasteiger partial charge in [0.1, 0.15) is 6.61 Å². The first-order chi connectivity index (χ1) is 12.6. The van der Waals surface area contributed by atoms with Crippen molar-refractivity contribution in [3.63, 3.8) is 0 Å². The zero-order valence-electron chi connectivity index (χ0n) is 14.4. The van der Waals surface area contributed by atoms with Crippen LogP contribution >= 0.6 is 0 Å². The molecule has 2 aromatic heterocycles. The molecule has 0 unspecified atom stereocenters. The number of methoxy groups -OCH3 is 1. The van der Waals surface area contributed by atoms with Crippen LogP contribution in [-0.2, 0) is 17.8 Å². The molecule has 9 heteroatoms. The van der Waals surface area contributed by atoms with E-state index in [4.69, 9.17) is 13.7 Å². The molecule has 9 nitrogen and oxygen atoms in total. The second-order valence-corrected chi connectivity index (χ2v) is 6.05. The van der Waals surface area contributed by atoms with Crippen molar-refractivity contribution in [3.8, 4) is 11.4 Å². The third-order valence-electron chi connectivity index (χ3n) is 4.24. The van der Waals surface area contributed by atoms with E-state index in [0.717, 1.165) is 29.5 Å². The average molecular weight is 355 g/mol. The summed E-state index contributed by atoms with van der Waals surface area (Å²) in [7, 11) is 1.57. The van der Waals surface area contributed by atoms with Gasteiger partial charge in [-0.05, 0) is 30.0 Å². The van der Waals surface area contributed by atoms with Gasteiger partial charge in [0.25, 0.3) is 5.89 Å². The Labute approximate surface area is 148 Å². The normalized spacial score (nSPS) is 15.8. The molecule has 0 radical (unpaired) electrons. The molecule has 0 aliphatic heterocycles. The molecule has 0 saturated heterocycles. The summed E-state index contributed by atoms with van der Waals surface area (Å²) in [5.41, 5.74) is 3.08. The van der Waals surface area contributed by atoms with E-state index in [1.54, 1.807) is 14.0 Å². The molecule has 0 saturated carbocycles. The SMILES string of the molecule is COCc1nc(-c2ccc3c(c2)CC[C@H]3NC(=O)c2nnc(C)o2)no1. The van der Waals surface area contributed by atoms with Crippen LogP contribution in [0.4, 0.5) is 0 Å². The highest BCUT2D eigenvalue weighted by Gasteiger charge is 2.26. The Balaban J connectivity index is 1.51. The van der Waals surface area contributed by atoms with Crippen molar-refractivity contribution in [1.29, 1.82) is 0 Å². The highest BCUT2D eigenvalue weighted by molar-refractivity contribution is 5.89. The summed E-state index contributed by atoms with van der Waals surface area (Å²) in [4.78, 5) is 16.5. The van der Waals surface area contributed by atoms with Gasteiger partial charge < -0.3 is 19.0 Å². The Bertz CT molecular complexity index is 948. The number of nitrogens with one attached hydrogen (secondary N) is 1. The number of hydrogen-bond donors (Lipinski definition) is 1. The predicted octanol–water partition coefficient (Wildman–Crippen LogP) is 1.99. The number of aryl methyl sites for hydroxylation is 2. The molecular formula is C17H17N5O4. The van der Waals surface area contributed by atoms with Crippen molar-refractivity contribution in [2.75, 3.05) is 7.11 Å². The monoisotopic (exact) mass is 355 g/mol. The first kappa shape index (κ1) is 16.4. The number of amides is 1. The molecule has 1 atom stereocenters. The maximum atomic E-state index is 12.2. The van der Waals surface area contributed by atoms with Gasteiger partial charge in [-0.3, -0.25) is 4.79 Å². The summed E-state index contributed by atoms with van der Waals surface area (Å²) in [5, 5.41) is 14.3. The Morgan fingerprint density at radius 2 is 2.27 bits per heavy atom. The lowest BCUT2D eigenvalue weighted by molar-refractivity contribution is 0.0900. The maximum absolute atomic E-state index is 12.2. The molecule has 0 fully saturated rings. The van der Waals surface area contributed by atoms with Crippen LogP contribution in [0.15, 0.2) is 27.1 Å². The summed E-state index contributed by atoms with van der Waals surface area (Å²) < 4.78 is 15.3. The topological polar surface area (TPSA) is 116 Å². The van der Waals surface area contributed by atoms with Crippen LogP contribution < -0.4 is 5.32 Å². The van der Waals surface area contributed by atoms with Crippen LogP contribution in [0.3, 0.4) is 0 Å². The minimum atomic E-state index is -0.366. The molecular weight excluding hydrogens is 338 g/mol. The van der Waals surface area contributed by atoms with Gasteiger partial charge in [0.2, 0.25) is 11.7 Å². The van der Waals surface area contributed by atoms with Crippen LogP contribution in [0, 0.1) is 6.92 Å². The van der Waals surface area contributed by atoms with Crippen molar-refractivity contribution < 1.29 is 18.5 Å². The number of ether oxygens (including phenoxy) is 1. The fourth-order valence-corrected chi connectivity index (χ4v) is 3.07. The van der Waals surface area contributed by atoms with E-state index in [0.29, 0.717) is 17.6 Å². The Hall–Kier alpha value is -3.07. The molecule has 1 N–H and O–H groups in total. The first-order valence-electron chi connectivity index (χ1n) is 8.19. The zero-order valence-corrected chi connectivity index (χ0v) is 14.4. The van der Waals surface area contributed by atoms with Gasteiger partial charge in [-0.2, -0.15) is 4.98 Å². The number of benzene rings is 1. The van der Waals surface area contributed by atoms with Gasteiger partial charge in [0.05, 0.1) is 6.04 Å². The molecule has 0 spiro atoms. The van der Waals surface area contributed by atoms with E-state index in [1.807, 2.05) is 18.2 Å². The van der Waals surface area contributed by atoms with Gasteiger partial charge in [-0.15, -0.1) is 10.2 Å². The van der Waals surface area contributed by atoms with Crippen molar-refractivity contribution in [3.05, 3.63) is 47.0 Å². The van der Waals surface area contributed by atoms with Gasteiger partial charge in [0, 0.05) is 19.6 Å². The van der Waals surface area contributed by atoms with Crippen LogP contribution in [0.25, 0.3) is 11.4 Å². The number of carbonyl (C=O) groups is 1. The van der Waals surface area contributed by atoms with Gasteiger partial charge in [-0.1, -0.05) is 17.3 Å². The molecule has 1 aliphatic rings. The summed E-state index contributed by atoms with van der Waals surface area (Å²) in [6.45, 7) is 1.92. The molecule has 2 heterocycles. The number of nitrogens with zero attached hydrogens (tertiary/aromatic N) is 4. The average Bonchev–Trinajstić information content (AvgIpc) is 3.35. The van der Waals surface area contributed by atoms with Gasteiger partial charge in [-0.25, -0.2) is 0 Å². The van der Waals surface area contributed by atoms with Crippen molar-refractivity contribution in [2.45, 2.75) is 32.4 Å². The summed E-state index contributed by atoms with van der Waals surface area (Å²) in [6.07, 6.45) is 1.65. The van der Waals surface area contributed by atoms with Crippen LogP contribution in [0.2, 0.25) is 0 Å². The Kier molecular flexibility index (Phi) is 4.21. The van der Waals surface area contributed by atoms with E-state index in [2.05, 4.69) is 25.7 Å². The van der Waals surface area contributed by atoms with Crippen LogP contribution in [-0.4, -0.2) is 33.4 Å². The lowest BCUT2D eigenvalue weighted by atomic mass is 10.0.